The van der Waals surface area contributed by atoms with E-state index in [4.69, 9.17) is 4.74 Å². The Labute approximate surface area is 131 Å². The summed E-state index contributed by atoms with van der Waals surface area (Å²) in [7, 11) is 1.72. The van der Waals surface area contributed by atoms with Crippen LogP contribution in [-0.2, 0) is 4.74 Å². The first-order chi connectivity index (χ1) is 10.2. The van der Waals surface area contributed by atoms with Crippen molar-refractivity contribution in [2.45, 2.75) is 40.2 Å². The van der Waals surface area contributed by atoms with Gasteiger partial charge in [-0.1, -0.05) is 6.08 Å². The van der Waals surface area contributed by atoms with E-state index in [-0.39, 0.29) is 5.56 Å². The van der Waals surface area contributed by atoms with Crippen LogP contribution in [0.3, 0.4) is 0 Å². The number of hydrogen-bond donors (Lipinski definition) is 1. The average molecular weight is 309 g/mol. The average Bonchev–Trinajstić information content (AvgIpc) is 2.43. The fourth-order valence-corrected chi connectivity index (χ4v) is 1.94. The Kier molecular flexibility index (Phi) is 5.91. The quantitative estimate of drug-likeness (QED) is 0.858. The molecule has 1 rings (SSSR count). The van der Waals surface area contributed by atoms with Gasteiger partial charge in [-0.05, 0) is 40.7 Å². The highest BCUT2D eigenvalue weighted by molar-refractivity contribution is 5.82. The molecular weight excluding hydrogens is 285 g/mol. The van der Waals surface area contributed by atoms with E-state index in [9.17, 15) is 9.18 Å². The van der Waals surface area contributed by atoms with Crippen LogP contribution in [0.25, 0.3) is 5.70 Å². The summed E-state index contributed by atoms with van der Waals surface area (Å²) in [4.78, 5) is 17.4. The summed E-state index contributed by atoms with van der Waals surface area (Å²) in [6.07, 6.45) is 2.56. The standard InChI is InChI=1S/C16H24FN3O2/c1-7-13(12-9-11(18-6)10-19-14(12)17)20(8-2)15(21)22-16(3,4)5/h7,9-10,18H,8H2,1-6H3/b13-7-. The number of rotatable bonds is 4. The van der Waals surface area contributed by atoms with Crippen LogP contribution in [0.1, 0.15) is 40.2 Å². The number of hydrogen-bond acceptors (Lipinski definition) is 4. The molecule has 0 radical (unpaired) electrons. The second-order valence-corrected chi connectivity index (χ2v) is 5.71. The fourth-order valence-electron chi connectivity index (χ4n) is 1.94. The minimum absolute atomic E-state index is 0.252. The molecule has 0 saturated heterocycles. The molecule has 0 aliphatic carbocycles. The van der Waals surface area contributed by atoms with Crippen molar-refractivity contribution in [2.24, 2.45) is 0 Å². The Morgan fingerprint density at radius 1 is 1.50 bits per heavy atom. The Bertz CT molecular complexity index is 565. The molecule has 6 heteroatoms. The summed E-state index contributed by atoms with van der Waals surface area (Å²) in [5.41, 5.74) is 0.726. The molecule has 5 nitrogen and oxygen atoms in total. The number of pyridine rings is 1. The van der Waals surface area contributed by atoms with Gasteiger partial charge in [0.1, 0.15) is 5.60 Å². The molecule has 0 fully saturated rings. The topological polar surface area (TPSA) is 54.5 Å². The SMILES string of the molecule is C/C=C(/c1cc(NC)cnc1F)N(CC)C(=O)OC(C)(C)C. The number of allylic oxidation sites excluding steroid dienone is 1. The normalized spacial score (nSPS) is 12.0. The van der Waals surface area contributed by atoms with E-state index in [1.54, 1.807) is 53.8 Å². The van der Waals surface area contributed by atoms with Crippen molar-refractivity contribution >= 4 is 17.5 Å². The van der Waals surface area contributed by atoms with Gasteiger partial charge >= 0.3 is 6.09 Å². The molecule has 0 unspecified atom stereocenters. The van der Waals surface area contributed by atoms with E-state index in [0.717, 1.165) is 0 Å². The predicted octanol–water partition coefficient (Wildman–Crippen LogP) is 3.88. The van der Waals surface area contributed by atoms with Gasteiger partial charge in [0.25, 0.3) is 0 Å². The maximum atomic E-state index is 14.1. The monoisotopic (exact) mass is 309 g/mol. The molecule has 0 aromatic carbocycles. The number of carbonyl (C=O) groups excluding carboxylic acids is 1. The maximum absolute atomic E-state index is 14.1. The summed E-state index contributed by atoms with van der Waals surface area (Å²) >= 11 is 0. The van der Waals surface area contributed by atoms with Gasteiger partial charge in [0, 0.05) is 13.6 Å². The predicted molar refractivity (Wildman–Crippen MR) is 86.0 cm³/mol. The Morgan fingerprint density at radius 3 is 2.59 bits per heavy atom. The molecule has 0 aliphatic heterocycles. The zero-order valence-electron chi connectivity index (χ0n) is 14.0. The van der Waals surface area contributed by atoms with E-state index >= 15 is 0 Å². The highest BCUT2D eigenvalue weighted by Gasteiger charge is 2.25. The van der Waals surface area contributed by atoms with Crippen LogP contribution in [0.15, 0.2) is 18.3 Å². The van der Waals surface area contributed by atoms with Crippen LogP contribution in [0, 0.1) is 5.95 Å². The van der Waals surface area contributed by atoms with Crippen LogP contribution in [0.4, 0.5) is 14.9 Å². The van der Waals surface area contributed by atoms with Crippen molar-refractivity contribution in [1.82, 2.24) is 9.88 Å². The second-order valence-electron chi connectivity index (χ2n) is 5.71. The lowest BCUT2D eigenvalue weighted by molar-refractivity contribution is 0.0360. The number of amides is 1. The Hall–Kier alpha value is -2.11. The molecule has 122 valence electrons. The third kappa shape index (κ3) is 4.44. The largest absolute Gasteiger partial charge is 0.443 e. The van der Waals surface area contributed by atoms with Gasteiger partial charge in [-0.15, -0.1) is 0 Å². The van der Waals surface area contributed by atoms with Crippen LogP contribution < -0.4 is 5.32 Å². The van der Waals surface area contributed by atoms with Gasteiger partial charge in [-0.2, -0.15) is 4.39 Å². The first-order valence-corrected chi connectivity index (χ1v) is 7.24. The lowest BCUT2D eigenvalue weighted by atomic mass is 10.1. The van der Waals surface area contributed by atoms with E-state index in [1.807, 2.05) is 0 Å². The van der Waals surface area contributed by atoms with Crippen molar-refractivity contribution < 1.29 is 13.9 Å². The maximum Gasteiger partial charge on any atom is 0.414 e. The van der Waals surface area contributed by atoms with Crippen molar-refractivity contribution in [1.29, 1.82) is 0 Å². The number of halogens is 1. The third-order valence-electron chi connectivity index (χ3n) is 2.90. The third-order valence-corrected chi connectivity index (χ3v) is 2.90. The summed E-state index contributed by atoms with van der Waals surface area (Å²) in [6.45, 7) is 9.28. The van der Waals surface area contributed by atoms with Crippen LogP contribution in [0.2, 0.25) is 0 Å². The summed E-state index contributed by atoms with van der Waals surface area (Å²) in [6, 6.07) is 1.62. The number of ether oxygens (including phenoxy) is 1. The minimum atomic E-state index is -0.630. The molecule has 1 amide bonds. The molecule has 0 spiro atoms. The first-order valence-electron chi connectivity index (χ1n) is 7.24. The van der Waals surface area contributed by atoms with Crippen molar-refractivity contribution in [3.05, 3.63) is 29.9 Å². The van der Waals surface area contributed by atoms with E-state index < -0.39 is 17.6 Å². The summed E-state index contributed by atoms with van der Waals surface area (Å²) < 4.78 is 19.5. The van der Waals surface area contributed by atoms with E-state index in [0.29, 0.717) is 17.9 Å². The number of anilines is 1. The minimum Gasteiger partial charge on any atom is -0.443 e. The molecule has 1 heterocycles. The first kappa shape index (κ1) is 17.9. The molecule has 1 aromatic rings. The fraction of sp³-hybridized carbons (Fsp3) is 0.500. The molecule has 0 saturated carbocycles. The van der Waals surface area contributed by atoms with Gasteiger partial charge < -0.3 is 10.1 Å². The molecule has 1 N–H and O–H groups in total. The Balaban J connectivity index is 3.21. The van der Waals surface area contributed by atoms with Gasteiger partial charge in [0.05, 0.1) is 23.1 Å². The van der Waals surface area contributed by atoms with Gasteiger partial charge in [0.15, 0.2) is 0 Å². The molecule has 1 aromatic heterocycles. The zero-order valence-corrected chi connectivity index (χ0v) is 14.0. The van der Waals surface area contributed by atoms with E-state index in [1.165, 1.54) is 11.1 Å². The van der Waals surface area contributed by atoms with Gasteiger partial charge in [-0.3, -0.25) is 4.90 Å². The van der Waals surface area contributed by atoms with E-state index in [2.05, 4.69) is 10.3 Å². The van der Waals surface area contributed by atoms with Crippen LogP contribution in [-0.4, -0.2) is 35.2 Å². The van der Waals surface area contributed by atoms with Gasteiger partial charge in [0.2, 0.25) is 5.95 Å². The molecule has 0 aliphatic rings. The van der Waals surface area contributed by atoms with Crippen molar-refractivity contribution in [3.8, 4) is 0 Å². The highest BCUT2D eigenvalue weighted by atomic mass is 19.1. The zero-order chi connectivity index (χ0) is 16.9. The lowest BCUT2D eigenvalue weighted by Crippen LogP contribution is -2.35. The number of carbonyl (C=O) groups is 1. The van der Waals surface area contributed by atoms with Crippen LogP contribution >= 0.6 is 0 Å². The van der Waals surface area contributed by atoms with Crippen molar-refractivity contribution in [2.75, 3.05) is 18.9 Å². The lowest BCUT2D eigenvalue weighted by Gasteiger charge is -2.28. The number of aromatic nitrogens is 1. The molecule has 22 heavy (non-hydrogen) atoms. The van der Waals surface area contributed by atoms with Crippen LogP contribution in [0.5, 0.6) is 0 Å². The number of nitrogens with one attached hydrogen (secondary N) is 1. The highest BCUT2D eigenvalue weighted by Crippen LogP contribution is 2.25. The number of nitrogens with zero attached hydrogens (tertiary/aromatic N) is 2. The molecule has 0 bridgehead atoms. The summed E-state index contributed by atoms with van der Waals surface area (Å²) in [5.74, 6) is -0.630. The summed E-state index contributed by atoms with van der Waals surface area (Å²) in [5, 5.41) is 2.91. The second kappa shape index (κ2) is 7.24. The molecule has 0 atom stereocenters. The van der Waals surface area contributed by atoms with Crippen molar-refractivity contribution in [3.63, 3.8) is 0 Å². The Morgan fingerprint density at radius 2 is 2.14 bits per heavy atom. The molecular formula is C16H24FN3O2. The van der Waals surface area contributed by atoms with Gasteiger partial charge in [-0.25, -0.2) is 9.78 Å². The smallest absolute Gasteiger partial charge is 0.414 e.